The number of benzene rings is 3. The van der Waals surface area contributed by atoms with E-state index in [4.69, 9.17) is 14.2 Å². The minimum atomic E-state index is -0.229. The van der Waals surface area contributed by atoms with Gasteiger partial charge in [0.15, 0.2) is 0 Å². The molecule has 1 aliphatic rings. The number of rotatable bonds is 12. The Kier molecular flexibility index (Phi) is 9.24. The normalized spacial score (nSPS) is 14.5. The molecule has 1 unspecified atom stereocenters. The summed E-state index contributed by atoms with van der Waals surface area (Å²) in [4.78, 5) is 30.9. The van der Waals surface area contributed by atoms with Crippen LogP contribution in [0.1, 0.15) is 67.5 Å². The number of aromatic amines is 1. The summed E-state index contributed by atoms with van der Waals surface area (Å²) in [6.45, 7) is 3.34. The number of fused-ring (bicyclic) bond motifs is 3. The van der Waals surface area contributed by atoms with E-state index >= 15 is 0 Å². The molecule has 3 aromatic carbocycles. The quantitative estimate of drug-likeness (QED) is 0.155. The lowest BCUT2D eigenvalue weighted by atomic mass is 9.91. The molecule has 1 amide bonds. The van der Waals surface area contributed by atoms with Crippen molar-refractivity contribution in [1.82, 2.24) is 9.88 Å². The number of H-pyrrole nitrogens is 1. The van der Waals surface area contributed by atoms with Crippen LogP contribution < -0.4 is 9.47 Å². The fourth-order valence-corrected chi connectivity index (χ4v) is 5.60. The molecule has 7 heteroatoms. The first-order chi connectivity index (χ1) is 20.1. The van der Waals surface area contributed by atoms with Gasteiger partial charge in [0, 0.05) is 36.0 Å². The SMILES string of the molecule is CCOC(=O)CCCCCC(=O)N1CCc2c([nH]c3ccc(OC)cc23)C1c1ccc(OCc2ccccc2)cc1. The van der Waals surface area contributed by atoms with E-state index < -0.39 is 0 Å². The molecule has 0 aliphatic carbocycles. The van der Waals surface area contributed by atoms with Crippen molar-refractivity contribution in [3.63, 3.8) is 0 Å². The highest BCUT2D eigenvalue weighted by Gasteiger charge is 2.34. The third-order valence-corrected chi connectivity index (χ3v) is 7.68. The zero-order valence-corrected chi connectivity index (χ0v) is 23.9. The first-order valence-electron chi connectivity index (χ1n) is 14.5. The number of unbranched alkanes of at least 4 members (excludes halogenated alkanes) is 2. The molecule has 7 nitrogen and oxygen atoms in total. The molecule has 1 N–H and O–H groups in total. The van der Waals surface area contributed by atoms with Gasteiger partial charge < -0.3 is 24.1 Å². The molecule has 1 aromatic heterocycles. The predicted molar refractivity (Wildman–Crippen MR) is 159 cm³/mol. The average molecular weight is 555 g/mol. The summed E-state index contributed by atoms with van der Waals surface area (Å²) in [5.41, 5.74) is 5.46. The van der Waals surface area contributed by atoms with Crippen LogP contribution >= 0.6 is 0 Å². The minimum Gasteiger partial charge on any atom is -0.497 e. The lowest BCUT2D eigenvalue weighted by molar-refractivity contribution is -0.143. The van der Waals surface area contributed by atoms with Gasteiger partial charge in [0.1, 0.15) is 18.1 Å². The number of ether oxygens (including phenoxy) is 3. The standard InChI is InChI=1S/C34H38N2O5/c1-3-40-32(38)13-9-5-8-12-31(37)36-21-20-28-29-22-27(39-2)18-19-30(29)35-33(28)34(36)25-14-16-26(17-15-25)41-23-24-10-6-4-7-11-24/h4,6-7,10-11,14-19,22,34-35H,3,5,8-9,12-13,20-21,23H2,1-2H3. The number of methoxy groups -OCH3 is 1. The van der Waals surface area contributed by atoms with Crippen LogP contribution in [0.15, 0.2) is 72.8 Å². The van der Waals surface area contributed by atoms with Crippen molar-refractivity contribution in [2.24, 2.45) is 0 Å². The summed E-state index contributed by atoms with van der Waals surface area (Å²) >= 11 is 0. The van der Waals surface area contributed by atoms with Crippen LogP contribution in [0.4, 0.5) is 0 Å². The van der Waals surface area contributed by atoms with Gasteiger partial charge in [-0.25, -0.2) is 0 Å². The zero-order valence-electron chi connectivity index (χ0n) is 23.9. The Hall–Kier alpha value is -4.26. The van der Waals surface area contributed by atoms with Gasteiger partial charge in [-0.15, -0.1) is 0 Å². The maximum absolute atomic E-state index is 13.6. The summed E-state index contributed by atoms with van der Waals surface area (Å²) in [6.07, 6.45) is 3.90. The summed E-state index contributed by atoms with van der Waals surface area (Å²) in [7, 11) is 1.68. The summed E-state index contributed by atoms with van der Waals surface area (Å²) in [5.74, 6) is 1.55. The zero-order chi connectivity index (χ0) is 28.6. The van der Waals surface area contributed by atoms with Gasteiger partial charge in [0.2, 0.25) is 5.91 Å². The fraction of sp³-hybridized carbons (Fsp3) is 0.353. The average Bonchev–Trinajstić information content (AvgIpc) is 3.38. The van der Waals surface area contributed by atoms with Gasteiger partial charge in [0.25, 0.3) is 0 Å². The van der Waals surface area contributed by atoms with Crippen LogP contribution in [-0.2, 0) is 27.4 Å². The van der Waals surface area contributed by atoms with Gasteiger partial charge >= 0.3 is 5.97 Å². The lowest BCUT2D eigenvalue weighted by Gasteiger charge is -2.36. The van der Waals surface area contributed by atoms with Crippen LogP contribution in [0.25, 0.3) is 10.9 Å². The third kappa shape index (κ3) is 6.73. The number of nitrogens with one attached hydrogen (secondary N) is 1. The number of hydrogen-bond acceptors (Lipinski definition) is 5. The summed E-state index contributed by atoms with van der Waals surface area (Å²) in [6, 6.07) is 24.0. The van der Waals surface area contributed by atoms with E-state index in [-0.39, 0.29) is 17.9 Å². The number of hydrogen-bond donors (Lipinski definition) is 1. The van der Waals surface area contributed by atoms with Crippen molar-refractivity contribution in [2.75, 3.05) is 20.3 Å². The van der Waals surface area contributed by atoms with Crippen LogP contribution in [-0.4, -0.2) is 42.0 Å². The topological polar surface area (TPSA) is 80.9 Å². The molecule has 1 atom stereocenters. The van der Waals surface area contributed by atoms with Crippen molar-refractivity contribution in [3.8, 4) is 11.5 Å². The van der Waals surface area contributed by atoms with E-state index in [1.54, 1.807) is 7.11 Å². The van der Waals surface area contributed by atoms with E-state index in [1.807, 2.05) is 66.4 Å². The third-order valence-electron chi connectivity index (χ3n) is 7.68. The fourth-order valence-electron chi connectivity index (χ4n) is 5.60. The molecule has 0 bridgehead atoms. The van der Waals surface area contributed by atoms with Gasteiger partial charge in [-0.1, -0.05) is 48.9 Å². The second-order valence-electron chi connectivity index (χ2n) is 10.4. The van der Waals surface area contributed by atoms with Crippen molar-refractivity contribution >= 4 is 22.8 Å². The molecule has 0 saturated carbocycles. The van der Waals surface area contributed by atoms with Crippen LogP contribution in [0.3, 0.4) is 0 Å². The van der Waals surface area contributed by atoms with Crippen molar-refractivity contribution in [1.29, 1.82) is 0 Å². The Balaban J connectivity index is 1.35. The van der Waals surface area contributed by atoms with Crippen LogP contribution in [0.5, 0.6) is 11.5 Å². The Bertz CT molecular complexity index is 1460. The highest BCUT2D eigenvalue weighted by atomic mass is 16.5. The second kappa shape index (κ2) is 13.4. The Morgan fingerprint density at radius 2 is 1.68 bits per heavy atom. The molecule has 4 aromatic rings. The number of amides is 1. The smallest absolute Gasteiger partial charge is 0.305 e. The van der Waals surface area contributed by atoms with E-state index in [0.29, 0.717) is 32.6 Å². The molecule has 0 saturated heterocycles. The minimum absolute atomic E-state index is 0.123. The maximum atomic E-state index is 13.6. The molecule has 41 heavy (non-hydrogen) atoms. The van der Waals surface area contributed by atoms with Crippen molar-refractivity contribution < 1.29 is 23.8 Å². The van der Waals surface area contributed by atoms with Gasteiger partial charge in [-0.3, -0.25) is 9.59 Å². The van der Waals surface area contributed by atoms with E-state index in [9.17, 15) is 9.59 Å². The molecule has 214 valence electrons. The Morgan fingerprint density at radius 3 is 2.44 bits per heavy atom. The largest absolute Gasteiger partial charge is 0.497 e. The number of carbonyl (C=O) groups is 2. The predicted octanol–water partition coefficient (Wildman–Crippen LogP) is 6.74. The maximum Gasteiger partial charge on any atom is 0.305 e. The summed E-state index contributed by atoms with van der Waals surface area (Å²) < 4.78 is 16.5. The summed E-state index contributed by atoms with van der Waals surface area (Å²) in [5, 5.41) is 1.14. The molecule has 0 spiro atoms. The first-order valence-corrected chi connectivity index (χ1v) is 14.5. The van der Waals surface area contributed by atoms with Crippen LogP contribution in [0, 0.1) is 0 Å². The number of esters is 1. The molecule has 0 radical (unpaired) electrons. The van der Waals surface area contributed by atoms with E-state index in [2.05, 4.69) is 23.2 Å². The van der Waals surface area contributed by atoms with Gasteiger partial charge in [-0.2, -0.15) is 0 Å². The molecule has 2 heterocycles. The molecule has 5 rings (SSSR count). The van der Waals surface area contributed by atoms with Crippen LogP contribution in [0.2, 0.25) is 0 Å². The highest BCUT2D eigenvalue weighted by Crippen LogP contribution is 2.40. The van der Waals surface area contributed by atoms with E-state index in [0.717, 1.165) is 64.9 Å². The first kappa shape index (κ1) is 28.3. The monoisotopic (exact) mass is 554 g/mol. The number of nitrogens with zero attached hydrogens (tertiary/aromatic N) is 1. The number of aromatic nitrogens is 1. The second-order valence-corrected chi connectivity index (χ2v) is 10.4. The Labute approximate surface area is 241 Å². The van der Waals surface area contributed by atoms with Gasteiger partial charge in [-0.05, 0) is 73.2 Å². The van der Waals surface area contributed by atoms with E-state index in [1.165, 1.54) is 5.56 Å². The lowest BCUT2D eigenvalue weighted by Crippen LogP contribution is -2.40. The number of carbonyl (C=O) groups excluding carboxylic acids is 2. The molecule has 0 fully saturated rings. The molecule has 1 aliphatic heterocycles. The highest BCUT2D eigenvalue weighted by molar-refractivity contribution is 5.88. The molecular formula is C34H38N2O5. The van der Waals surface area contributed by atoms with Gasteiger partial charge in [0.05, 0.1) is 19.8 Å². The van der Waals surface area contributed by atoms with Crippen molar-refractivity contribution in [2.45, 2.75) is 58.1 Å². The van der Waals surface area contributed by atoms with Crippen molar-refractivity contribution in [3.05, 3.63) is 95.2 Å². The Morgan fingerprint density at radius 1 is 0.927 bits per heavy atom. The molecular weight excluding hydrogens is 516 g/mol.